The van der Waals surface area contributed by atoms with Gasteiger partial charge in [0.25, 0.3) is 0 Å². The van der Waals surface area contributed by atoms with Gasteiger partial charge >= 0.3 is 0 Å². The van der Waals surface area contributed by atoms with Crippen molar-refractivity contribution >= 4 is 6.29 Å². The number of hydrogen-bond acceptors (Lipinski definition) is 2. The third-order valence-electron chi connectivity index (χ3n) is 3.74. The van der Waals surface area contributed by atoms with Crippen LogP contribution >= 0.6 is 0 Å². The van der Waals surface area contributed by atoms with Crippen LogP contribution in [-0.2, 0) is 0 Å². The summed E-state index contributed by atoms with van der Waals surface area (Å²) in [5, 5.41) is 4.58. The lowest BCUT2D eigenvalue weighted by Crippen LogP contribution is -1.94. The Morgan fingerprint density at radius 1 is 1.00 bits per heavy atom. The molecule has 0 bridgehead atoms. The number of nitrogens with zero attached hydrogens (tertiary/aromatic N) is 2. The fraction of sp³-hybridized carbons (Fsp3) is 0.158. The van der Waals surface area contributed by atoms with Gasteiger partial charge in [0.15, 0.2) is 6.29 Å². The van der Waals surface area contributed by atoms with E-state index >= 15 is 0 Å². The van der Waals surface area contributed by atoms with E-state index in [0.717, 1.165) is 17.5 Å². The smallest absolute Gasteiger partial charge is 0.153 e. The summed E-state index contributed by atoms with van der Waals surface area (Å²) in [4.78, 5) is 11.4. The first kappa shape index (κ1) is 14.3. The van der Waals surface area contributed by atoms with E-state index in [1.165, 1.54) is 5.56 Å². The number of carbonyl (C=O) groups is 1. The lowest BCUT2D eigenvalue weighted by molar-refractivity contribution is 0.112. The lowest BCUT2D eigenvalue weighted by Gasteiger charge is -2.06. The second kappa shape index (κ2) is 5.98. The number of para-hydroxylation sites is 1. The van der Waals surface area contributed by atoms with Crippen LogP contribution in [0.1, 0.15) is 35.7 Å². The summed E-state index contributed by atoms with van der Waals surface area (Å²) in [5.41, 5.74) is 4.49. The van der Waals surface area contributed by atoms with Gasteiger partial charge in [-0.3, -0.25) is 4.79 Å². The van der Waals surface area contributed by atoms with E-state index in [-0.39, 0.29) is 0 Å². The van der Waals surface area contributed by atoms with E-state index in [9.17, 15) is 4.79 Å². The zero-order chi connectivity index (χ0) is 15.5. The maximum Gasteiger partial charge on any atom is 0.153 e. The number of hydrogen-bond donors (Lipinski definition) is 0. The van der Waals surface area contributed by atoms with Crippen LogP contribution < -0.4 is 0 Å². The summed E-state index contributed by atoms with van der Waals surface area (Å²) in [5.74, 6) is 0.487. The first-order valence-electron chi connectivity index (χ1n) is 7.39. The molecule has 0 saturated heterocycles. The molecule has 1 aromatic heterocycles. The summed E-state index contributed by atoms with van der Waals surface area (Å²) in [7, 11) is 0. The van der Waals surface area contributed by atoms with Crippen molar-refractivity contribution in [3.05, 3.63) is 71.9 Å². The van der Waals surface area contributed by atoms with Crippen molar-refractivity contribution in [3.8, 4) is 16.9 Å². The van der Waals surface area contributed by atoms with Crippen LogP contribution in [0.5, 0.6) is 0 Å². The Morgan fingerprint density at radius 3 is 2.27 bits per heavy atom. The molecule has 0 spiro atoms. The average molecular weight is 290 g/mol. The van der Waals surface area contributed by atoms with Gasteiger partial charge in [0.2, 0.25) is 0 Å². The largest absolute Gasteiger partial charge is 0.298 e. The normalized spacial score (nSPS) is 10.9. The zero-order valence-electron chi connectivity index (χ0n) is 12.7. The Balaban J connectivity index is 2.03. The molecule has 0 aliphatic heterocycles. The Labute approximate surface area is 130 Å². The zero-order valence-corrected chi connectivity index (χ0v) is 12.7. The average Bonchev–Trinajstić information content (AvgIpc) is 3.00. The van der Waals surface area contributed by atoms with E-state index in [1.807, 2.05) is 42.5 Å². The number of benzene rings is 2. The Hall–Kier alpha value is -2.68. The van der Waals surface area contributed by atoms with Gasteiger partial charge in [0.1, 0.15) is 5.69 Å². The molecule has 3 nitrogen and oxygen atoms in total. The summed E-state index contributed by atoms with van der Waals surface area (Å²) in [6.45, 7) is 4.33. The van der Waals surface area contributed by atoms with Crippen molar-refractivity contribution in [1.29, 1.82) is 0 Å². The lowest BCUT2D eigenvalue weighted by atomic mass is 10.00. The van der Waals surface area contributed by atoms with Crippen LogP contribution in [0.15, 0.2) is 60.8 Å². The fourth-order valence-corrected chi connectivity index (χ4v) is 2.44. The molecular formula is C19H18N2O. The van der Waals surface area contributed by atoms with Crippen LogP contribution in [0.3, 0.4) is 0 Å². The molecule has 0 fully saturated rings. The first-order valence-corrected chi connectivity index (χ1v) is 7.39. The first-order chi connectivity index (χ1) is 10.7. The van der Waals surface area contributed by atoms with E-state index in [4.69, 9.17) is 0 Å². The number of carbonyl (C=O) groups excluding carboxylic acids is 1. The molecule has 110 valence electrons. The molecule has 0 radical (unpaired) electrons. The minimum Gasteiger partial charge on any atom is -0.298 e. The molecule has 0 amide bonds. The predicted octanol–water partition coefficient (Wildman–Crippen LogP) is 4.48. The molecule has 0 N–H and O–H groups in total. The van der Waals surface area contributed by atoms with Crippen molar-refractivity contribution < 1.29 is 4.79 Å². The maximum atomic E-state index is 11.4. The van der Waals surface area contributed by atoms with Gasteiger partial charge in [0, 0.05) is 11.8 Å². The van der Waals surface area contributed by atoms with Gasteiger partial charge < -0.3 is 0 Å². The Morgan fingerprint density at radius 2 is 1.68 bits per heavy atom. The minimum atomic E-state index is 0.487. The molecule has 2 aromatic carbocycles. The van der Waals surface area contributed by atoms with Crippen LogP contribution in [0.4, 0.5) is 0 Å². The van der Waals surface area contributed by atoms with E-state index < -0.39 is 0 Å². The monoisotopic (exact) mass is 290 g/mol. The number of aromatic nitrogens is 2. The van der Waals surface area contributed by atoms with Crippen molar-refractivity contribution in [1.82, 2.24) is 9.78 Å². The van der Waals surface area contributed by atoms with Gasteiger partial charge in [-0.1, -0.05) is 56.3 Å². The fourth-order valence-electron chi connectivity index (χ4n) is 2.44. The van der Waals surface area contributed by atoms with Crippen LogP contribution in [0.2, 0.25) is 0 Å². The third kappa shape index (κ3) is 2.70. The van der Waals surface area contributed by atoms with Crippen molar-refractivity contribution in [2.24, 2.45) is 0 Å². The SMILES string of the molecule is CC(C)c1ccc(-c2nn(-c3ccccc3)cc2C=O)cc1. The van der Waals surface area contributed by atoms with Gasteiger partial charge in [-0.15, -0.1) is 0 Å². The summed E-state index contributed by atoms with van der Waals surface area (Å²) >= 11 is 0. The number of aldehydes is 1. The Kier molecular flexibility index (Phi) is 3.88. The second-order valence-corrected chi connectivity index (χ2v) is 5.61. The summed E-state index contributed by atoms with van der Waals surface area (Å²) in [6.07, 6.45) is 2.63. The molecule has 22 heavy (non-hydrogen) atoms. The van der Waals surface area contributed by atoms with Gasteiger partial charge in [-0.2, -0.15) is 5.10 Å². The van der Waals surface area contributed by atoms with Crippen LogP contribution in [0.25, 0.3) is 16.9 Å². The molecule has 0 saturated carbocycles. The van der Waals surface area contributed by atoms with Gasteiger partial charge in [0.05, 0.1) is 11.3 Å². The second-order valence-electron chi connectivity index (χ2n) is 5.61. The minimum absolute atomic E-state index is 0.487. The standard InChI is InChI=1S/C19H18N2O/c1-14(2)15-8-10-16(11-9-15)19-17(13-22)12-21(20-19)18-6-4-3-5-7-18/h3-14H,1-2H3. The maximum absolute atomic E-state index is 11.4. The molecular weight excluding hydrogens is 272 g/mol. The summed E-state index contributed by atoms with van der Waals surface area (Å²) in [6, 6.07) is 18.0. The van der Waals surface area contributed by atoms with Crippen LogP contribution in [0, 0.1) is 0 Å². The molecule has 1 heterocycles. The summed E-state index contributed by atoms with van der Waals surface area (Å²) < 4.78 is 1.75. The highest BCUT2D eigenvalue weighted by Gasteiger charge is 2.12. The molecule has 3 rings (SSSR count). The van der Waals surface area contributed by atoms with Gasteiger partial charge in [-0.25, -0.2) is 4.68 Å². The van der Waals surface area contributed by atoms with E-state index in [1.54, 1.807) is 10.9 Å². The topological polar surface area (TPSA) is 34.9 Å². The van der Waals surface area contributed by atoms with Crippen molar-refractivity contribution in [3.63, 3.8) is 0 Å². The van der Waals surface area contributed by atoms with E-state index in [2.05, 4.69) is 31.1 Å². The van der Waals surface area contributed by atoms with Crippen LogP contribution in [-0.4, -0.2) is 16.1 Å². The predicted molar refractivity (Wildman–Crippen MR) is 88.5 cm³/mol. The molecule has 3 aromatic rings. The molecule has 0 aliphatic rings. The van der Waals surface area contributed by atoms with Crippen molar-refractivity contribution in [2.45, 2.75) is 19.8 Å². The molecule has 0 aliphatic carbocycles. The highest BCUT2D eigenvalue weighted by Crippen LogP contribution is 2.24. The highest BCUT2D eigenvalue weighted by atomic mass is 16.1. The molecule has 0 unspecified atom stereocenters. The Bertz CT molecular complexity index is 771. The van der Waals surface area contributed by atoms with Gasteiger partial charge in [-0.05, 0) is 23.6 Å². The molecule has 3 heteroatoms. The van der Waals surface area contributed by atoms with Crippen molar-refractivity contribution in [2.75, 3.05) is 0 Å². The quantitative estimate of drug-likeness (QED) is 0.664. The third-order valence-corrected chi connectivity index (χ3v) is 3.74. The molecule has 0 atom stereocenters. The highest BCUT2D eigenvalue weighted by molar-refractivity contribution is 5.85. The number of rotatable bonds is 4. The van der Waals surface area contributed by atoms with E-state index in [0.29, 0.717) is 17.2 Å².